The maximum atomic E-state index is 4.84. The monoisotopic (exact) mass is 304 g/mol. The van der Waals surface area contributed by atoms with Crippen LogP contribution in [0.3, 0.4) is 0 Å². The van der Waals surface area contributed by atoms with E-state index < -0.39 is 0 Å². The SMILES string of the molecule is CC(C)(C)c1nc(CNC2C3CC4CC(C3)CC2C4)cs1. The van der Waals surface area contributed by atoms with Gasteiger partial charge in [-0.2, -0.15) is 0 Å². The summed E-state index contributed by atoms with van der Waals surface area (Å²) < 4.78 is 0. The summed E-state index contributed by atoms with van der Waals surface area (Å²) in [6.07, 6.45) is 7.52. The summed E-state index contributed by atoms with van der Waals surface area (Å²) in [4.78, 5) is 4.84. The molecule has 0 unspecified atom stereocenters. The van der Waals surface area contributed by atoms with Crippen molar-refractivity contribution in [1.29, 1.82) is 0 Å². The van der Waals surface area contributed by atoms with Crippen LogP contribution in [0.25, 0.3) is 0 Å². The Morgan fingerprint density at radius 1 is 1.10 bits per heavy atom. The van der Waals surface area contributed by atoms with Crippen LogP contribution in [0, 0.1) is 23.7 Å². The summed E-state index contributed by atoms with van der Waals surface area (Å²) in [6, 6.07) is 0.776. The van der Waals surface area contributed by atoms with Gasteiger partial charge in [-0.25, -0.2) is 4.98 Å². The first-order valence-electron chi connectivity index (χ1n) is 8.67. The summed E-state index contributed by atoms with van der Waals surface area (Å²) >= 11 is 1.82. The van der Waals surface area contributed by atoms with Gasteiger partial charge in [0.1, 0.15) is 0 Å². The largest absolute Gasteiger partial charge is 0.308 e. The molecule has 1 N–H and O–H groups in total. The molecule has 116 valence electrons. The van der Waals surface area contributed by atoms with Crippen LogP contribution < -0.4 is 5.32 Å². The molecule has 4 fully saturated rings. The summed E-state index contributed by atoms with van der Waals surface area (Å²) in [5.41, 5.74) is 1.43. The van der Waals surface area contributed by atoms with E-state index in [-0.39, 0.29) is 5.41 Å². The Bertz CT molecular complexity index is 486. The van der Waals surface area contributed by atoms with Crippen molar-refractivity contribution in [3.05, 3.63) is 16.1 Å². The minimum Gasteiger partial charge on any atom is -0.308 e. The van der Waals surface area contributed by atoms with E-state index in [0.717, 1.165) is 36.3 Å². The molecule has 0 aromatic carbocycles. The van der Waals surface area contributed by atoms with E-state index >= 15 is 0 Å². The fraction of sp³-hybridized carbons (Fsp3) is 0.833. The molecule has 0 atom stereocenters. The van der Waals surface area contributed by atoms with Crippen LogP contribution in [0.4, 0.5) is 0 Å². The third-order valence-electron chi connectivity index (χ3n) is 5.94. The summed E-state index contributed by atoms with van der Waals surface area (Å²) in [5.74, 6) is 4.05. The molecule has 1 aromatic heterocycles. The van der Waals surface area contributed by atoms with Gasteiger partial charge in [0.2, 0.25) is 0 Å². The van der Waals surface area contributed by atoms with E-state index in [1.165, 1.54) is 36.4 Å². The molecule has 0 radical (unpaired) electrons. The molecule has 4 bridgehead atoms. The molecule has 1 heterocycles. The minimum absolute atomic E-state index is 0.186. The lowest BCUT2D eigenvalue weighted by Gasteiger charge is -2.54. The fourth-order valence-corrected chi connectivity index (χ4v) is 6.12. The first kappa shape index (κ1) is 14.2. The Morgan fingerprint density at radius 2 is 1.71 bits per heavy atom. The molecule has 4 aliphatic carbocycles. The van der Waals surface area contributed by atoms with E-state index in [4.69, 9.17) is 4.98 Å². The molecular weight excluding hydrogens is 276 g/mol. The zero-order valence-electron chi connectivity index (χ0n) is 13.6. The Labute approximate surface area is 132 Å². The number of nitrogens with zero attached hydrogens (tertiary/aromatic N) is 1. The van der Waals surface area contributed by atoms with Gasteiger partial charge < -0.3 is 5.32 Å². The molecule has 5 rings (SSSR count). The van der Waals surface area contributed by atoms with Crippen LogP contribution in [0.1, 0.15) is 63.6 Å². The van der Waals surface area contributed by atoms with Gasteiger partial charge in [0, 0.05) is 23.4 Å². The first-order chi connectivity index (χ1) is 9.99. The van der Waals surface area contributed by atoms with Crippen LogP contribution in [0.15, 0.2) is 5.38 Å². The van der Waals surface area contributed by atoms with Crippen molar-refractivity contribution >= 4 is 11.3 Å². The van der Waals surface area contributed by atoms with Crippen LogP contribution in [0.5, 0.6) is 0 Å². The average molecular weight is 305 g/mol. The van der Waals surface area contributed by atoms with Gasteiger partial charge in [0.05, 0.1) is 10.7 Å². The zero-order valence-corrected chi connectivity index (χ0v) is 14.4. The highest BCUT2D eigenvalue weighted by Gasteiger charge is 2.47. The lowest BCUT2D eigenvalue weighted by Crippen LogP contribution is -2.54. The van der Waals surface area contributed by atoms with Gasteiger partial charge in [-0.1, -0.05) is 20.8 Å². The molecule has 2 nitrogen and oxygen atoms in total. The van der Waals surface area contributed by atoms with Crippen LogP contribution in [-0.4, -0.2) is 11.0 Å². The van der Waals surface area contributed by atoms with Crippen molar-refractivity contribution in [3.8, 4) is 0 Å². The minimum atomic E-state index is 0.186. The van der Waals surface area contributed by atoms with Crippen LogP contribution >= 0.6 is 11.3 Å². The predicted octanol–water partition coefficient (Wildman–Crippen LogP) is 4.35. The number of rotatable bonds is 3. The lowest BCUT2D eigenvalue weighted by atomic mass is 9.54. The summed E-state index contributed by atoms with van der Waals surface area (Å²) in [7, 11) is 0. The molecule has 1 aromatic rings. The normalized spacial score (nSPS) is 38.1. The second-order valence-corrected chi connectivity index (χ2v) is 9.59. The highest BCUT2D eigenvalue weighted by molar-refractivity contribution is 7.09. The molecule has 3 heteroatoms. The third kappa shape index (κ3) is 2.68. The smallest absolute Gasteiger partial charge is 0.0982 e. The van der Waals surface area contributed by atoms with Crippen molar-refractivity contribution in [2.75, 3.05) is 0 Å². The molecule has 21 heavy (non-hydrogen) atoms. The topological polar surface area (TPSA) is 24.9 Å². The second-order valence-electron chi connectivity index (χ2n) is 8.73. The van der Waals surface area contributed by atoms with Crippen molar-refractivity contribution < 1.29 is 0 Å². The van der Waals surface area contributed by atoms with Crippen molar-refractivity contribution in [2.24, 2.45) is 23.7 Å². The van der Waals surface area contributed by atoms with Gasteiger partial charge >= 0.3 is 0 Å². The van der Waals surface area contributed by atoms with E-state index in [1.54, 1.807) is 6.42 Å². The Balaban J connectivity index is 1.40. The molecule has 0 amide bonds. The number of nitrogens with one attached hydrogen (secondary N) is 1. The molecule has 0 aliphatic heterocycles. The summed E-state index contributed by atoms with van der Waals surface area (Å²) in [6.45, 7) is 7.72. The molecule has 4 aliphatic rings. The molecule has 0 spiro atoms. The zero-order chi connectivity index (χ0) is 14.6. The van der Waals surface area contributed by atoms with Crippen molar-refractivity contribution in [2.45, 2.75) is 70.9 Å². The number of hydrogen-bond donors (Lipinski definition) is 1. The number of aromatic nitrogens is 1. The predicted molar refractivity (Wildman–Crippen MR) is 88.5 cm³/mol. The Hall–Kier alpha value is -0.410. The van der Waals surface area contributed by atoms with E-state index in [1.807, 2.05) is 11.3 Å². The molecule has 0 saturated heterocycles. The standard InChI is InChI=1S/C18H28N2S/c1-18(2,3)17-20-15(10-21-17)9-19-16-13-5-11-4-12(7-13)8-14(16)6-11/h10-14,16,19H,4-9H2,1-3H3. The second kappa shape index (κ2) is 5.06. The van der Waals surface area contributed by atoms with Gasteiger partial charge in [-0.05, 0) is 55.8 Å². The van der Waals surface area contributed by atoms with Gasteiger partial charge in [-0.15, -0.1) is 11.3 Å². The maximum Gasteiger partial charge on any atom is 0.0982 e. The highest BCUT2D eigenvalue weighted by atomic mass is 32.1. The maximum absolute atomic E-state index is 4.84. The third-order valence-corrected chi connectivity index (χ3v) is 7.26. The van der Waals surface area contributed by atoms with Gasteiger partial charge in [0.15, 0.2) is 0 Å². The van der Waals surface area contributed by atoms with Crippen LogP contribution in [0.2, 0.25) is 0 Å². The van der Waals surface area contributed by atoms with E-state index in [0.29, 0.717) is 0 Å². The number of hydrogen-bond acceptors (Lipinski definition) is 3. The van der Waals surface area contributed by atoms with E-state index in [9.17, 15) is 0 Å². The Morgan fingerprint density at radius 3 is 2.24 bits per heavy atom. The molecule has 4 saturated carbocycles. The van der Waals surface area contributed by atoms with Crippen molar-refractivity contribution in [3.63, 3.8) is 0 Å². The average Bonchev–Trinajstić information content (AvgIpc) is 2.85. The lowest BCUT2D eigenvalue weighted by molar-refractivity contribution is -0.0143. The highest BCUT2D eigenvalue weighted by Crippen LogP contribution is 2.53. The molecular formula is C18H28N2S. The van der Waals surface area contributed by atoms with Gasteiger partial charge in [-0.3, -0.25) is 0 Å². The van der Waals surface area contributed by atoms with E-state index in [2.05, 4.69) is 31.5 Å². The Kier molecular flexibility index (Phi) is 3.42. The quantitative estimate of drug-likeness (QED) is 0.897. The van der Waals surface area contributed by atoms with Gasteiger partial charge in [0.25, 0.3) is 0 Å². The van der Waals surface area contributed by atoms with Crippen molar-refractivity contribution in [1.82, 2.24) is 10.3 Å². The first-order valence-corrected chi connectivity index (χ1v) is 9.55. The number of thiazole rings is 1. The van der Waals surface area contributed by atoms with Crippen LogP contribution in [-0.2, 0) is 12.0 Å². The summed E-state index contributed by atoms with van der Waals surface area (Å²) in [5, 5.41) is 7.41. The fourth-order valence-electron chi connectivity index (χ4n) is 5.21.